The van der Waals surface area contributed by atoms with E-state index in [-0.39, 0.29) is 11.0 Å². The maximum Gasteiger partial charge on any atom is 0.264 e. The fourth-order valence-electron chi connectivity index (χ4n) is 2.94. The quantitative estimate of drug-likeness (QED) is 0.672. The van der Waals surface area contributed by atoms with Crippen LogP contribution in [0.25, 0.3) is 16.6 Å². The van der Waals surface area contributed by atoms with Gasteiger partial charge in [-0.05, 0) is 48.7 Å². The lowest BCUT2D eigenvalue weighted by Gasteiger charge is -2.18. The van der Waals surface area contributed by atoms with Crippen LogP contribution in [0.5, 0.6) is 0 Å². The number of benzene rings is 1. The zero-order chi connectivity index (χ0) is 16.8. The first-order chi connectivity index (χ1) is 10.8. The average molecular weight is 306 g/mol. The van der Waals surface area contributed by atoms with E-state index < -0.39 is 0 Å². The third kappa shape index (κ3) is 2.67. The minimum absolute atomic E-state index is 0.0205. The van der Waals surface area contributed by atoms with Crippen molar-refractivity contribution in [2.75, 3.05) is 0 Å². The summed E-state index contributed by atoms with van der Waals surface area (Å²) >= 11 is 0. The van der Waals surface area contributed by atoms with Crippen molar-refractivity contribution in [3.63, 3.8) is 0 Å². The summed E-state index contributed by atoms with van der Waals surface area (Å²) in [6.45, 7) is 10.4. The molecule has 0 fully saturated rings. The van der Waals surface area contributed by atoms with Crippen LogP contribution in [0.4, 0.5) is 0 Å². The van der Waals surface area contributed by atoms with Crippen LogP contribution in [0.1, 0.15) is 37.6 Å². The van der Waals surface area contributed by atoms with Gasteiger partial charge >= 0.3 is 0 Å². The van der Waals surface area contributed by atoms with Gasteiger partial charge in [0.25, 0.3) is 5.56 Å². The molecule has 2 heterocycles. The molecule has 3 rings (SSSR count). The minimum atomic E-state index is -0.0386. The number of pyridine rings is 1. The van der Waals surface area contributed by atoms with Crippen LogP contribution in [0.3, 0.4) is 0 Å². The normalized spacial score (nSPS) is 11.9. The van der Waals surface area contributed by atoms with Gasteiger partial charge in [0.1, 0.15) is 6.33 Å². The molecule has 1 aromatic carbocycles. The van der Waals surface area contributed by atoms with Gasteiger partial charge in [0.05, 0.1) is 5.52 Å². The summed E-state index contributed by atoms with van der Waals surface area (Å²) in [6.07, 6.45) is 1.65. The molecule has 0 saturated carbocycles. The first kappa shape index (κ1) is 15.5. The lowest BCUT2D eigenvalue weighted by Crippen LogP contribution is -2.20. The summed E-state index contributed by atoms with van der Waals surface area (Å²) in [5.41, 5.74) is 5.77. The number of nitrogens with zero attached hydrogens (tertiary/aromatic N) is 2. The van der Waals surface area contributed by atoms with Crippen LogP contribution in [-0.4, -0.2) is 9.38 Å². The Balaban J connectivity index is 2.27. The van der Waals surface area contributed by atoms with Crippen LogP contribution in [0.15, 0.2) is 47.5 Å². The highest BCUT2D eigenvalue weighted by Gasteiger charge is 2.17. The van der Waals surface area contributed by atoms with Gasteiger partial charge < -0.3 is 0 Å². The topological polar surface area (TPSA) is 34.4 Å². The van der Waals surface area contributed by atoms with E-state index in [0.29, 0.717) is 0 Å². The molecule has 0 aliphatic heterocycles. The van der Waals surface area contributed by atoms with E-state index in [2.05, 4.69) is 25.8 Å². The third-order valence-corrected chi connectivity index (χ3v) is 4.26. The summed E-state index contributed by atoms with van der Waals surface area (Å²) in [4.78, 5) is 17.4. The van der Waals surface area contributed by atoms with Crippen molar-refractivity contribution in [3.05, 3.63) is 69.9 Å². The third-order valence-electron chi connectivity index (χ3n) is 4.26. The van der Waals surface area contributed by atoms with Crippen molar-refractivity contribution < 1.29 is 0 Å². The standard InChI is InChI=1S/C20H22N2O/c1-13-7-6-8-14(2)18(13)16-10-9-15-11-17(20(3,4)5)21-12-22(15)19(16)23/h6-12H,1-5H3. The van der Waals surface area contributed by atoms with Crippen molar-refractivity contribution in [1.29, 1.82) is 0 Å². The zero-order valence-corrected chi connectivity index (χ0v) is 14.3. The molecule has 23 heavy (non-hydrogen) atoms. The van der Waals surface area contributed by atoms with E-state index in [1.165, 1.54) is 0 Å². The lowest BCUT2D eigenvalue weighted by molar-refractivity contribution is 0.567. The highest BCUT2D eigenvalue weighted by molar-refractivity contribution is 5.71. The Bertz CT molecular complexity index is 926. The second kappa shape index (κ2) is 5.34. The molecule has 0 spiro atoms. The van der Waals surface area contributed by atoms with Crippen LogP contribution in [-0.2, 0) is 5.41 Å². The van der Waals surface area contributed by atoms with Crippen molar-refractivity contribution in [2.45, 2.75) is 40.0 Å². The van der Waals surface area contributed by atoms with Gasteiger partial charge in [-0.25, -0.2) is 4.98 Å². The predicted molar refractivity (Wildman–Crippen MR) is 95.1 cm³/mol. The zero-order valence-electron chi connectivity index (χ0n) is 14.3. The molecule has 0 N–H and O–H groups in total. The Kier molecular flexibility index (Phi) is 3.59. The van der Waals surface area contributed by atoms with Crippen LogP contribution >= 0.6 is 0 Å². The monoisotopic (exact) mass is 306 g/mol. The van der Waals surface area contributed by atoms with E-state index in [0.717, 1.165) is 33.5 Å². The van der Waals surface area contributed by atoms with Crippen molar-refractivity contribution in [1.82, 2.24) is 9.38 Å². The Labute approximate surface area is 136 Å². The lowest BCUT2D eigenvalue weighted by atomic mass is 9.91. The Morgan fingerprint density at radius 1 is 1.00 bits per heavy atom. The molecule has 0 aliphatic carbocycles. The highest BCUT2D eigenvalue weighted by Crippen LogP contribution is 2.25. The summed E-state index contributed by atoms with van der Waals surface area (Å²) in [5, 5.41) is 0. The Morgan fingerprint density at radius 2 is 1.65 bits per heavy atom. The van der Waals surface area contributed by atoms with E-state index in [9.17, 15) is 4.79 Å². The van der Waals surface area contributed by atoms with Crippen molar-refractivity contribution in [2.24, 2.45) is 0 Å². The molecule has 3 heteroatoms. The number of hydrogen-bond acceptors (Lipinski definition) is 2. The molecular weight excluding hydrogens is 284 g/mol. The fraction of sp³-hybridized carbons (Fsp3) is 0.300. The molecule has 118 valence electrons. The molecule has 3 nitrogen and oxygen atoms in total. The predicted octanol–water partition coefficient (Wildman–Crippen LogP) is 4.28. The molecule has 0 unspecified atom stereocenters. The second-order valence-electron chi connectivity index (χ2n) is 7.14. The first-order valence-corrected chi connectivity index (χ1v) is 7.87. The number of hydrogen-bond donors (Lipinski definition) is 0. The number of fused-ring (bicyclic) bond motifs is 1. The average Bonchev–Trinajstić information content (AvgIpc) is 2.48. The Morgan fingerprint density at radius 3 is 2.26 bits per heavy atom. The van der Waals surface area contributed by atoms with Gasteiger partial charge in [-0.15, -0.1) is 0 Å². The molecule has 0 radical (unpaired) electrons. The van der Waals surface area contributed by atoms with Crippen molar-refractivity contribution in [3.8, 4) is 11.1 Å². The van der Waals surface area contributed by atoms with E-state index in [4.69, 9.17) is 0 Å². The number of aryl methyl sites for hydroxylation is 2. The van der Waals surface area contributed by atoms with Gasteiger partial charge in [0.15, 0.2) is 0 Å². The summed E-state index contributed by atoms with van der Waals surface area (Å²) in [5.74, 6) is 0. The molecule has 0 atom stereocenters. The van der Waals surface area contributed by atoms with Gasteiger partial charge in [-0.2, -0.15) is 0 Å². The largest absolute Gasteiger partial charge is 0.268 e. The maximum atomic E-state index is 12.9. The van der Waals surface area contributed by atoms with Gasteiger partial charge in [-0.3, -0.25) is 9.20 Å². The van der Waals surface area contributed by atoms with E-state index in [1.54, 1.807) is 10.7 Å². The molecule has 0 aliphatic rings. The SMILES string of the molecule is Cc1cccc(C)c1-c1ccc2cc(C(C)(C)C)ncn2c1=O. The highest BCUT2D eigenvalue weighted by atomic mass is 16.1. The molecule has 0 saturated heterocycles. The van der Waals surface area contributed by atoms with Crippen LogP contribution in [0.2, 0.25) is 0 Å². The summed E-state index contributed by atoms with van der Waals surface area (Å²) in [7, 11) is 0. The van der Waals surface area contributed by atoms with Gasteiger partial charge in [0, 0.05) is 16.7 Å². The number of aromatic nitrogens is 2. The smallest absolute Gasteiger partial charge is 0.264 e. The fourth-order valence-corrected chi connectivity index (χ4v) is 2.94. The summed E-state index contributed by atoms with van der Waals surface area (Å²) < 4.78 is 1.64. The second-order valence-corrected chi connectivity index (χ2v) is 7.14. The minimum Gasteiger partial charge on any atom is -0.268 e. The van der Waals surface area contributed by atoms with Crippen molar-refractivity contribution >= 4 is 5.52 Å². The van der Waals surface area contributed by atoms with Gasteiger partial charge in [0.2, 0.25) is 0 Å². The molecule has 2 aromatic heterocycles. The van der Waals surface area contributed by atoms with Crippen LogP contribution < -0.4 is 5.56 Å². The maximum absolute atomic E-state index is 12.9. The van der Waals surface area contributed by atoms with E-state index in [1.807, 2.05) is 50.2 Å². The van der Waals surface area contributed by atoms with Crippen LogP contribution in [0, 0.1) is 13.8 Å². The molecular formula is C20H22N2O. The summed E-state index contributed by atoms with van der Waals surface area (Å²) in [6, 6.07) is 12.0. The first-order valence-electron chi connectivity index (χ1n) is 7.87. The van der Waals surface area contributed by atoms with E-state index >= 15 is 0 Å². The number of rotatable bonds is 1. The molecule has 0 bridgehead atoms. The molecule has 0 amide bonds. The van der Waals surface area contributed by atoms with Gasteiger partial charge in [-0.1, -0.05) is 39.0 Å². The molecule has 3 aromatic rings. The Hall–Kier alpha value is -2.42.